The van der Waals surface area contributed by atoms with E-state index in [1.54, 1.807) is 18.2 Å². The molecule has 2 rings (SSSR count). The third kappa shape index (κ3) is 2.24. The van der Waals surface area contributed by atoms with Crippen LogP contribution in [0.15, 0.2) is 18.2 Å². The summed E-state index contributed by atoms with van der Waals surface area (Å²) in [5.74, 6) is -0.442. The number of carboxylic acids is 1. The molecular weight excluding hydrogens is 236 g/mol. The molecule has 1 aromatic carbocycles. The van der Waals surface area contributed by atoms with Gasteiger partial charge in [-0.1, -0.05) is 13.8 Å². The second-order valence-electron chi connectivity index (χ2n) is 4.47. The molecule has 0 saturated carbocycles. The highest BCUT2D eigenvalue weighted by Crippen LogP contribution is 2.17. The van der Waals surface area contributed by atoms with Crippen LogP contribution < -0.4 is 0 Å². The molecule has 0 fully saturated rings. The molecule has 0 bridgehead atoms. The maximum Gasteiger partial charge on any atom is 0.335 e. The third-order valence-corrected chi connectivity index (χ3v) is 2.89. The summed E-state index contributed by atoms with van der Waals surface area (Å²) in [4.78, 5) is 13.9. The van der Waals surface area contributed by atoms with Crippen molar-refractivity contribution in [3.05, 3.63) is 28.5 Å². The fourth-order valence-electron chi connectivity index (χ4n) is 1.84. The number of imidazole rings is 1. The first-order valence-electron chi connectivity index (χ1n) is 5.45. The number of benzene rings is 1. The Morgan fingerprint density at radius 3 is 2.82 bits per heavy atom. The van der Waals surface area contributed by atoms with Gasteiger partial charge in [-0.25, -0.2) is 4.79 Å². The predicted molar refractivity (Wildman–Crippen MR) is 68.9 cm³/mol. The van der Waals surface area contributed by atoms with E-state index >= 15 is 0 Å². The molecule has 90 valence electrons. The maximum absolute atomic E-state index is 10.9. The van der Waals surface area contributed by atoms with E-state index in [0.29, 0.717) is 10.7 Å². The van der Waals surface area contributed by atoms with Gasteiger partial charge in [-0.15, -0.1) is 0 Å². The van der Waals surface area contributed by atoms with Gasteiger partial charge in [0, 0.05) is 6.54 Å². The van der Waals surface area contributed by atoms with Gasteiger partial charge in [-0.2, -0.15) is 0 Å². The van der Waals surface area contributed by atoms with Crippen LogP contribution in [0, 0.1) is 10.7 Å². The molecule has 0 spiro atoms. The summed E-state index contributed by atoms with van der Waals surface area (Å²) in [5, 5.41) is 8.92. The van der Waals surface area contributed by atoms with Gasteiger partial charge < -0.3 is 14.7 Å². The molecule has 0 atom stereocenters. The molecule has 1 heterocycles. The summed E-state index contributed by atoms with van der Waals surface area (Å²) < 4.78 is 2.64. The van der Waals surface area contributed by atoms with Crippen molar-refractivity contribution in [2.24, 2.45) is 5.92 Å². The summed E-state index contributed by atoms with van der Waals surface area (Å²) >= 11 is 5.24. The molecule has 0 saturated heterocycles. The first kappa shape index (κ1) is 11.9. The topological polar surface area (TPSA) is 58.0 Å². The molecule has 0 amide bonds. The van der Waals surface area contributed by atoms with Crippen LogP contribution in [0.25, 0.3) is 11.0 Å². The van der Waals surface area contributed by atoms with Crippen molar-refractivity contribution < 1.29 is 9.90 Å². The van der Waals surface area contributed by atoms with Gasteiger partial charge >= 0.3 is 5.97 Å². The zero-order chi connectivity index (χ0) is 12.6. The predicted octanol–water partition coefficient (Wildman–Crippen LogP) is 3.05. The molecule has 0 unspecified atom stereocenters. The lowest BCUT2D eigenvalue weighted by Crippen LogP contribution is -2.04. The standard InChI is InChI=1S/C12H14N2O2S/c1-7(2)6-14-10-4-3-8(11(15)16)5-9(10)13-12(14)17/h3-5,7H,6H2,1-2H3,(H,13,17)(H,15,16). The zero-order valence-corrected chi connectivity index (χ0v) is 10.5. The van der Waals surface area contributed by atoms with E-state index in [9.17, 15) is 4.79 Å². The first-order valence-corrected chi connectivity index (χ1v) is 5.85. The minimum absolute atomic E-state index is 0.269. The van der Waals surface area contributed by atoms with Crippen LogP contribution >= 0.6 is 12.2 Å². The summed E-state index contributed by atoms with van der Waals surface area (Å²) in [6, 6.07) is 5.02. The molecule has 0 aliphatic rings. The molecular formula is C12H14N2O2S. The van der Waals surface area contributed by atoms with Crippen LogP contribution in [-0.2, 0) is 6.54 Å². The van der Waals surface area contributed by atoms with Crippen LogP contribution in [0.4, 0.5) is 0 Å². The lowest BCUT2D eigenvalue weighted by Gasteiger charge is -2.07. The Balaban J connectivity index is 2.60. The van der Waals surface area contributed by atoms with Gasteiger partial charge in [0.1, 0.15) is 0 Å². The van der Waals surface area contributed by atoms with Crippen molar-refractivity contribution in [1.82, 2.24) is 9.55 Å². The van der Waals surface area contributed by atoms with Crippen LogP contribution in [-0.4, -0.2) is 20.6 Å². The van der Waals surface area contributed by atoms with E-state index in [4.69, 9.17) is 17.3 Å². The van der Waals surface area contributed by atoms with Crippen molar-refractivity contribution >= 4 is 29.2 Å². The summed E-state index contributed by atoms with van der Waals surface area (Å²) in [5.41, 5.74) is 2.00. The monoisotopic (exact) mass is 250 g/mol. The number of carboxylic acid groups (broad SMARTS) is 1. The van der Waals surface area contributed by atoms with E-state index in [1.165, 1.54) is 0 Å². The average Bonchev–Trinajstić information content (AvgIpc) is 2.54. The first-order chi connectivity index (χ1) is 7.99. The Hall–Kier alpha value is -1.62. The van der Waals surface area contributed by atoms with Gasteiger partial charge in [-0.05, 0) is 36.3 Å². The summed E-state index contributed by atoms with van der Waals surface area (Å²) in [6.45, 7) is 5.06. The van der Waals surface area contributed by atoms with E-state index in [1.807, 2.05) is 4.57 Å². The molecule has 1 aromatic heterocycles. The molecule has 0 aliphatic heterocycles. The van der Waals surface area contributed by atoms with Crippen molar-refractivity contribution in [1.29, 1.82) is 0 Å². The van der Waals surface area contributed by atoms with Crippen molar-refractivity contribution in [2.75, 3.05) is 0 Å². The minimum Gasteiger partial charge on any atom is -0.478 e. The third-order valence-electron chi connectivity index (χ3n) is 2.57. The normalized spacial score (nSPS) is 11.2. The van der Waals surface area contributed by atoms with Crippen LogP contribution in [0.5, 0.6) is 0 Å². The quantitative estimate of drug-likeness (QED) is 0.823. The van der Waals surface area contributed by atoms with E-state index in [0.717, 1.165) is 17.6 Å². The van der Waals surface area contributed by atoms with Gasteiger partial charge in [0.15, 0.2) is 4.77 Å². The number of hydrogen-bond acceptors (Lipinski definition) is 2. The fourth-order valence-corrected chi connectivity index (χ4v) is 2.13. The number of aromatic nitrogens is 2. The highest BCUT2D eigenvalue weighted by molar-refractivity contribution is 7.71. The number of H-pyrrole nitrogens is 1. The summed E-state index contributed by atoms with van der Waals surface area (Å²) in [6.07, 6.45) is 0. The Kier molecular flexibility index (Phi) is 3.02. The second kappa shape index (κ2) is 4.33. The molecule has 17 heavy (non-hydrogen) atoms. The molecule has 0 aliphatic carbocycles. The second-order valence-corrected chi connectivity index (χ2v) is 4.86. The highest BCUT2D eigenvalue weighted by atomic mass is 32.1. The maximum atomic E-state index is 10.9. The van der Waals surface area contributed by atoms with Crippen LogP contribution in [0.3, 0.4) is 0 Å². The number of nitrogens with one attached hydrogen (secondary N) is 1. The fraction of sp³-hybridized carbons (Fsp3) is 0.333. The molecule has 0 radical (unpaired) electrons. The largest absolute Gasteiger partial charge is 0.478 e. The number of hydrogen-bond donors (Lipinski definition) is 2. The Morgan fingerprint density at radius 1 is 1.53 bits per heavy atom. The van der Waals surface area contributed by atoms with Gasteiger partial charge in [0.05, 0.1) is 16.6 Å². The highest BCUT2D eigenvalue weighted by Gasteiger charge is 2.09. The van der Waals surface area contributed by atoms with Gasteiger partial charge in [0.25, 0.3) is 0 Å². The van der Waals surface area contributed by atoms with Crippen molar-refractivity contribution in [3.63, 3.8) is 0 Å². The smallest absolute Gasteiger partial charge is 0.335 e. The van der Waals surface area contributed by atoms with Gasteiger partial charge in [0.2, 0.25) is 0 Å². The number of aromatic amines is 1. The Labute approximate surface area is 104 Å². The van der Waals surface area contributed by atoms with Crippen molar-refractivity contribution in [2.45, 2.75) is 20.4 Å². The number of aromatic carboxylic acids is 1. The van der Waals surface area contributed by atoms with Crippen molar-refractivity contribution in [3.8, 4) is 0 Å². The number of carbonyl (C=O) groups is 1. The zero-order valence-electron chi connectivity index (χ0n) is 9.73. The van der Waals surface area contributed by atoms with E-state index in [-0.39, 0.29) is 5.56 Å². The average molecular weight is 250 g/mol. The van der Waals surface area contributed by atoms with E-state index < -0.39 is 5.97 Å². The molecule has 4 nitrogen and oxygen atoms in total. The lowest BCUT2D eigenvalue weighted by atomic mass is 10.2. The number of rotatable bonds is 3. The Bertz CT molecular complexity index is 625. The lowest BCUT2D eigenvalue weighted by molar-refractivity contribution is 0.0697. The summed E-state index contributed by atoms with van der Waals surface area (Å²) in [7, 11) is 0. The number of nitrogens with zero attached hydrogens (tertiary/aromatic N) is 1. The minimum atomic E-state index is -0.928. The number of fused-ring (bicyclic) bond motifs is 1. The van der Waals surface area contributed by atoms with Crippen LogP contribution in [0.1, 0.15) is 24.2 Å². The molecule has 2 aromatic rings. The molecule has 2 N–H and O–H groups in total. The van der Waals surface area contributed by atoms with E-state index in [2.05, 4.69) is 18.8 Å². The van der Waals surface area contributed by atoms with Gasteiger partial charge in [-0.3, -0.25) is 0 Å². The molecule has 5 heteroatoms. The van der Waals surface area contributed by atoms with Crippen LogP contribution in [0.2, 0.25) is 0 Å². The Morgan fingerprint density at radius 2 is 2.24 bits per heavy atom. The SMILES string of the molecule is CC(C)Cn1c(=S)[nH]c2cc(C(=O)O)ccc21.